The molecule has 0 aliphatic rings. The number of benzene rings is 2. The van der Waals surface area contributed by atoms with Crippen LogP contribution in [-0.2, 0) is 21.4 Å². The summed E-state index contributed by atoms with van der Waals surface area (Å²) in [4.78, 5) is 30.4. The summed E-state index contributed by atoms with van der Waals surface area (Å²) < 4.78 is 54.6. The Morgan fingerprint density at radius 1 is 1.05 bits per heavy atom. The summed E-state index contributed by atoms with van der Waals surface area (Å²) in [6.45, 7) is 9.84. The summed E-state index contributed by atoms with van der Waals surface area (Å²) in [6.07, 6.45) is -4.45. The third-order valence-corrected chi connectivity index (χ3v) is 11.5. The summed E-state index contributed by atoms with van der Waals surface area (Å²) in [6, 6.07) is 14.7. The van der Waals surface area contributed by atoms with E-state index < -0.39 is 48.5 Å². The summed E-state index contributed by atoms with van der Waals surface area (Å²) >= 11 is 0. The van der Waals surface area contributed by atoms with E-state index in [0.29, 0.717) is 10.1 Å². The van der Waals surface area contributed by atoms with Gasteiger partial charge in [-0.2, -0.15) is 13.2 Å². The Morgan fingerprint density at radius 3 is 2.08 bits per heavy atom. The minimum absolute atomic E-state index is 0.253. The van der Waals surface area contributed by atoms with Crippen LogP contribution in [-0.4, -0.2) is 36.0 Å². The maximum absolute atomic E-state index is 15.9. The first-order valence-corrected chi connectivity index (χ1v) is 15.4. The molecule has 3 N–H and O–H groups in total. The summed E-state index contributed by atoms with van der Waals surface area (Å²) in [7, 11) is -3.33. The second-order valence-corrected chi connectivity index (χ2v) is 15.8. The molecule has 7 nitrogen and oxygen atoms in total. The Balaban J connectivity index is 2.54. The van der Waals surface area contributed by atoms with Gasteiger partial charge in [-0.25, -0.2) is 4.98 Å². The number of alkyl halides is 3. The number of nitrogens with zero attached hydrogens (tertiary/aromatic N) is 2. The van der Waals surface area contributed by atoms with Crippen LogP contribution in [0.2, 0.25) is 18.1 Å². The summed E-state index contributed by atoms with van der Waals surface area (Å²) in [5, 5.41) is 1.79. The number of halogens is 3. The van der Waals surface area contributed by atoms with Gasteiger partial charge in [0, 0.05) is 12.5 Å². The molecule has 2 unspecified atom stereocenters. The highest BCUT2D eigenvalue weighted by atomic mass is 28.4. The Morgan fingerprint density at radius 2 is 1.59 bits per heavy atom. The fourth-order valence-corrected chi connectivity index (χ4v) is 5.58. The van der Waals surface area contributed by atoms with Gasteiger partial charge in [0.15, 0.2) is 8.32 Å². The summed E-state index contributed by atoms with van der Waals surface area (Å²) in [5.41, 5.74) is 1.71. The van der Waals surface area contributed by atoms with Crippen molar-refractivity contribution >= 4 is 19.9 Å². The molecule has 0 saturated carbocycles. The molecule has 2 aromatic carbocycles. The van der Waals surface area contributed by atoms with Gasteiger partial charge in [0.25, 0.3) is 11.3 Å². The second kappa shape index (κ2) is 11.0. The molecule has 0 radical (unpaired) electrons. The standard InChI is InChI=1S/C28H35F3N4O3Si/c1-19(36)34-23(17-20-13-9-7-10-14-20)27(28(29,30)31,38-39(5,6)26(2,3)4)35-24(21-15-11-8-12-16-21)33-18-22(32)25(35)37/h7-16,18,23H,17,32H2,1-6H3,(H,34,36). The highest BCUT2D eigenvalue weighted by Crippen LogP contribution is 2.49. The molecule has 0 saturated heterocycles. The number of hydrogen-bond acceptors (Lipinski definition) is 5. The first kappa shape index (κ1) is 30.1. The lowest BCUT2D eigenvalue weighted by atomic mass is 9.94. The number of nitrogens with two attached hydrogens (primary N) is 1. The van der Waals surface area contributed by atoms with Crippen LogP contribution in [0.15, 0.2) is 71.7 Å². The molecule has 0 bridgehead atoms. The Bertz CT molecular complexity index is 1360. The van der Waals surface area contributed by atoms with Crippen molar-refractivity contribution < 1.29 is 22.4 Å². The van der Waals surface area contributed by atoms with Crippen molar-refractivity contribution in [2.75, 3.05) is 5.73 Å². The van der Waals surface area contributed by atoms with Gasteiger partial charge in [0.05, 0.1) is 12.2 Å². The molecule has 0 aliphatic carbocycles. The number of rotatable bonds is 8. The number of anilines is 1. The molecule has 1 heterocycles. The maximum Gasteiger partial charge on any atom is 0.438 e. The van der Waals surface area contributed by atoms with Crippen molar-refractivity contribution in [1.29, 1.82) is 0 Å². The quantitative estimate of drug-likeness (QED) is 0.356. The molecule has 1 amide bonds. The van der Waals surface area contributed by atoms with Gasteiger partial charge >= 0.3 is 6.18 Å². The zero-order chi connectivity index (χ0) is 29.2. The largest absolute Gasteiger partial charge is 0.438 e. The van der Waals surface area contributed by atoms with Crippen molar-refractivity contribution in [2.24, 2.45) is 0 Å². The van der Waals surface area contributed by atoms with Crippen LogP contribution in [0.25, 0.3) is 11.4 Å². The number of nitrogens with one attached hydrogen (secondary N) is 1. The van der Waals surface area contributed by atoms with Crippen molar-refractivity contribution in [3.8, 4) is 11.4 Å². The molecule has 3 aromatic rings. The monoisotopic (exact) mass is 560 g/mol. The van der Waals surface area contributed by atoms with E-state index >= 15 is 13.2 Å². The van der Waals surface area contributed by atoms with Gasteiger partial charge < -0.3 is 15.5 Å². The minimum Gasteiger partial charge on any atom is -0.393 e. The van der Waals surface area contributed by atoms with E-state index in [2.05, 4.69) is 10.3 Å². The minimum atomic E-state index is -5.20. The molecule has 210 valence electrons. The molecular formula is C28H35F3N4O3Si. The number of carbonyl (C=O) groups is 1. The van der Waals surface area contributed by atoms with Crippen LogP contribution < -0.4 is 16.6 Å². The summed E-state index contributed by atoms with van der Waals surface area (Å²) in [5.74, 6) is -0.996. The van der Waals surface area contributed by atoms with Crippen molar-refractivity contribution in [3.05, 3.63) is 82.8 Å². The fourth-order valence-electron chi connectivity index (χ4n) is 4.15. The topological polar surface area (TPSA) is 99.2 Å². The molecule has 3 rings (SSSR count). The van der Waals surface area contributed by atoms with E-state index in [-0.39, 0.29) is 17.8 Å². The van der Waals surface area contributed by atoms with Gasteiger partial charge in [-0.3, -0.25) is 14.2 Å². The van der Waals surface area contributed by atoms with Crippen LogP contribution in [0.3, 0.4) is 0 Å². The molecule has 2 atom stereocenters. The van der Waals surface area contributed by atoms with Crippen LogP contribution in [0.4, 0.5) is 18.9 Å². The lowest BCUT2D eigenvalue weighted by Gasteiger charge is -2.50. The van der Waals surface area contributed by atoms with E-state index in [4.69, 9.17) is 10.2 Å². The Hall–Kier alpha value is -3.44. The fraction of sp³-hybridized carbons (Fsp3) is 0.393. The zero-order valence-electron chi connectivity index (χ0n) is 23.0. The van der Waals surface area contributed by atoms with Crippen LogP contribution in [0, 0.1) is 0 Å². The smallest absolute Gasteiger partial charge is 0.393 e. The SMILES string of the molecule is CC(=O)NC(Cc1ccccc1)C(O[Si](C)(C)C(C)(C)C)(n1c(-c2ccccc2)ncc(N)c1=O)C(F)(F)F. The first-order valence-electron chi connectivity index (χ1n) is 12.5. The average Bonchev–Trinajstić information content (AvgIpc) is 2.83. The number of amides is 1. The van der Waals surface area contributed by atoms with Crippen LogP contribution >= 0.6 is 0 Å². The predicted molar refractivity (Wildman–Crippen MR) is 148 cm³/mol. The highest BCUT2D eigenvalue weighted by molar-refractivity contribution is 6.74. The number of carbonyl (C=O) groups excluding carboxylic acids is 1. The Kier molecular flexibility index (Phi) is 8.47. The van der Waals surface area contributed by atoms with E-state index in [1.807, 2.05) is 0 Å². The molecule has 11 heteroatoms. The van der Waals surface area contributed by atoms with E-state index in [9.17, 15) is 9.59 Å². The van der Waals surface area contributed by atoms with Gasteiger partial charge in [-0.05, 0) is 30.1 Å². The highest BCUT2D eigenvalue weighted by Gasteiger charge is 2.67. The van der Waals surface area contributed by atoms with Crippen LogP contribution in [0.1, 0.15) is 33.3 Å². The lowest BCUT2D eigenvalue weighted by molar-refractivity contribution is -0.302. The predicted octanol–water partition coefficient (Wildman–Crippen LogP) is 5.48. The number of hydrogen-bond donors (Lipinski definition) is 2. The Labute approximate surface area is 227 Å². The van der Waals surface area contributed by atoms with Crippen LogP contribution in [0.5, 0.6) is 0 Å². The van der Waals surface area contributed by atoms with E-state index in [1.54, 1.807) is 94.5 Å². The number of nitrogen functional groups attached to an aromatic ring is 1. The average molecular weight is 561 g/mol. The molecule has 39 heavy (non-hydrogen) atoms. The van der Waals surface area contributed by atoms with Crippen molar-refractivity contribution in [1.82, 2.24) is 14.9 Å². The second-order valence-electron chi connectivity index (χ2n) is 11.0. The van der Waals surface area contributed by atoms with Crippen molar-refractivity contribution in [2.45, 2.75) is 70.2 Å². The normalized spacial score (nSPS) is 14.9. The van der Waals surface area contributed by atoms with Gasteiger partial charge in [0.1, 0.15) is 11.5 Å². The van der Waals surface area contributed by atoms with Gasteiger partial charge in [-0.15, -0.1) is 0 Å². The molecule has 1 aromatic heterocycles. The lowest BCUT2D eigenvalue weighted by Crippen LogP contribution is -2.70. The van der Waals surface area contributed by atoms with E-state index in [0.717, 1.165) is 13.1 Å². The van der Waals surface area contributed by atoms with Crippen molar-refractivity contribution in [3.63, 3.8) is 0 Å². The molecule has 0 aliphatic heterocycles. The molecular weight excluding hydrogens is 525 g/mol. The zero-order valence-corrected chi connectivity index (χ0v) is 24.0. The van der Waals surface area contributed by atoms with E-state index in [1.165, 1.54) is 0 Å². The third-order valence-electron chi connectivity index (χ3n) is 7.11. The molecule has 0 fully saturated rings. The maximum atomic E-state index is 15.9. The first-order chi connectivity index (χ1) is 18.0. The third kappa shape index (κ3) is 6.09. The van der Waals surface area contributed by atoms with Gasteiger partial charge in [-0.1, -0.05) is 81.4 Å². The number of aromatic nitrogens is 2. The van der Waals surface area contributed by atoms with Gasteiger partial charge in [0.2, 0.25) is 5.91 Å². The molecule has 0 spiro atoms.